The molecule has 0 aromatic heterocycles. The van der Waals surface area contributed by atoms with E-state index in [-0.39, 0.29) is 0 Å². The Labute approximate surface area is 101 Å². The minimum absolute atomic E-state index is 0.342. The van der Waals surface area contributed by atoms with E-state index in [2.05, 4.69) is 0 Å². The molecule has 0 aliphatic rings. The maximum Gasteiger partial charge on any atom is 0.320 e. The second-order valence-electron chi connectivity index (χ2n) is 4.13. The number of carboxylic acids is 1. The molecule has 0 aliphatic carbocycles. The molecular weight excluding hydrogens is 218 g/mol. The van der Waals surface area contributed by atoms with Gasteiger partial charge >= 0.3 is 5.97 Å². The lowest BCUT2D eigenvalue weighted by Gasteiger charge is -2.14. The molecule has 0 bridgehead atoms. The number of hydrogen-bond donors (Lipinski definition) is 2. The van der Waals surface area contributed by atoms with Crippen molar-refractivity contribution in [1.82, 2.24) is 0 Å². The molecule has 0 fully saturated rings. The molecule has 0 saturated heterocycles. The molecule has 1 unspecified atom stereocenters. The zero-order valence-corrected chi connectivity index (χ0v) is 10.5. The fourth-order valence-corrected chi connectivity index (χ4v) is 1.70. The van der Waals surface area contributed by atoms with Crippen LogP contribution in [-0.2, 0) is 11.2 Å². The Balaban J connectivity index is 2.95. The van der Waals surface area contributed by atoms with Crippen LogP contribution >= 0.6 is 0 Å². The van der Waals surface area contributed by atoms with Gasteiger partial charge in [0.15, 0.2) is 0 Å². The van der Waals surface area contributed by atoms with Gasteiger partial charge in [0.2, 0.25) is 0 Å². The summed E-state index contributed by atoms with van der Waals surface area (Å²) >= 11 is 0. The molecule has 4 nitrogen and oxygen atoms in total. The lowest BCUT2D eigenvalue weighted by Crippen LogP contribution is -2.32. The van der Waals surface area contributed by atoms with Crippen molar-refractivity contribution in [2.45, 2.75) is 33.2 Å². The Hall–Kier alpha value is -1.55. The summed E-state index contributed by atoms with van der Waals surface area (Å²) in [6.07, 6.45) is 0.342. The Bertz CT molecular complexity index is 415. The summed E-state index contributed by atoms with van der Waals surface area (Å²) in [5.74, 6) is -0.131. The lowest BCUT2D eigenvalue weighted by molar-refractivity contribution is -0.138. The third-order valence-electron chi connectivity index (χ3n) is 2.69. The average Bonchev–Trinajstić information content (AvgIpc) is 2.25. The highest BCUT2D eigenvalue weighted by Crippen LogP contribution is 2.23. The first-order valence-corrected chi connectivity index (χ1v) is 5.67. The van der Waals surface area contributed by atoms with Crippen molar-refractivity contribution in [1.29, 1.82) is 0 Å². The molecule has 0 spiro atoms. The zero-order valence-electron chi connectivity index (χ0n) is 10.5. The molecule has 0 heterocycles. The summed E-state index contributed by atoms with van der Waals surface area (Å²) < 4.78 is 5.48. The zero-order chi connectivity index (χ0) is 13.0. The van der Waals surface area contributed by atoms with E-state index < -0.39 is 12.0 Å². The maximum atomic E-state index is 10.7. The highest BCUT2D eigenvalue weighted by molar-refractivity contribution is 5.73. The quantitative estimate of drug-likeness (QED) is 0.816. The van der Waals surface area contributed by atoms with Gasteiger partial charge < -0.3 is 15.6 Å². The number of hydrogen-bond acceptors (Lipinski definition) is 3. The predicted octanol–water partition coefficient (Wildman–Crippen LogP) is 1.66. The monoisotopic (exact) mass is 237 g/mol. The first-order chi connectivity index (χ1) is 7.95. The van der Waals surface area contributed by atoms with E-state index in [4.69, 9.17) is 15.6 Å². The summed E-state index contributed by atoms with van der Waals surface area (Å²) in [7, 11) is 0. The molecule has 4 heteroatoms. The van der Waals surface area contributed by atoms with Crippen molar-refractivity contribution >= 4 is 5.97 Å². The van der Waals surface area contributed by atoms with Crippen molar-refractivity contribution < 1.29 is 14.6 Å². The van der Waals surface area contributed by atoms with Crippen LogP contribution < -0.4 is 10.5 Å². The van der Waals surface area contributed by atoms with Gasteiger partial charge in [-0.2, -0.15) is 0 Å². The van der Waals surface area contributed by atoms with E-state index >= 15 is 0 Å². The van der Waals surface area contributed by atoms with Crippen LogP contribution in [0.4, 0.5) is 0 Å². The fraction of sp³-hybridized carbons (Fsp3) is 0.462. The number of aliphatic carboxylic acids is 1. The third kappa shape index (κ3) is 3.46. The molecule has 1 aromatic rings. The van der Waals surface area contributed by atoms with Crippen molar-refractivity contribution in [2.75, 3.05) is 6.61 Å². The van der Waals surface area contributed by atoms with Crippen molar-refractivity contribution in [3.63, 3.8) is 0 Å². The van der Waals surface area contributed by atoms with Gasteiger partial charge in [-0.15, -0.1) is 0 Å². The third-order valence-corrected chi connectivity index (χ3v) is 2.69. The molecule has 1 aromatic carbocycles. The minimum Gasteiger partial charge on any atom is -0.494 e. The molecule has 0 saturated carbocycles. The average molecular weight is 237 g/mol. The Morgan fingerprint density at radius 3 is 2.59 bits per heavy atom. The van der Waals surface area contributed by atoms with E-state index in [1.54, 1.807) is 0 Å². The standard InChI is InChI=1S/C13H19NO3/c1-4-17-12-6-8(2)10(5-9(12)3)7-11(14)13(15)16/h5-6,11H,4,7,14H2,1-3H3,(H,15,16). The SMILES string of the molecule is CCOc1cc(C)c(CC(N)C(=O)O)cc1C. The van der Waals surface area contributed by atoms with Crippen LogP contribution in [0, 0.1) is 13.8 Å². The van der Waals surface area contributed by atoms with Gasteiger partial charge in [-0.25, -0.2) is 0 Å². The van der Waals surface area contributed by atoms with E-state index in [9.17, 15) is 4.79 Å². The number of nitrogens with two attached hydrogens (primary N) is 1. The highest BCUT2D eigenvalue weighted by atomic mass is 16.5. The van der Waals surface area contributed by atoms with Gasteiger partial charge in [-0.1, -0.05) is 6.07 Å². The number of rotatable bonds is 5. The summed E-state index contributed by atoms with van der Waals surface area (Å²) in [5.41, 5.74) is 8.51. The van der Waals surface area contributed by atoms with Crippen LogP contribution in [0.1, 0.15) is 23.6 Å². The van der Waals surface area contributed by atoms with Gasteiger partial charge in [0.25, 0.3) is 0 Å². The molecular formula is C13H19NO3. The fourth-order valence-electron chi connectivity index (χ4n) is 1.70. The molecule has 0 radical (unpaired) electrons. The second-order valence-corrected chi connectivity index (χ2v) is 4.13. The molecule has 94 valence electrons. The summed E-state index contributed by atoms with van der Waals surface area (Å²) in [6.45, 7) is 6.43. The maximum absolute atomic E-state index is 10.7. The number of aryl methyl sites for hydroxylation is 2. The summed E-state index contributed by atoms with van der Waals surface area (Å²) in [5, 5.41) is 8.79. The molecule has 0 aliphatic heterocycles. The van der Waals surface area contributed by atoms with Gasteiger partial charge in [0.1, 0.15) is 11.8 Å². The topological polar surface area (TPSA) is 72.5 Å². The van der Waals surface area contributed by atoms with E-state index in [1.165, 1.54) is 0 Å². The first-order valence-electron chi connectivity index (χ1n) is 5.67. The second kappa shape index (κ2) is 5.68. The molecule has 1 rings (SSSR count). The van der Waals surface area contributed by atoms with Crippen LogP contribution in [0.15, 0.2) is 12.1 Å². The normalized spacial score (nSPS) is 12.2. The van der Waals surface area contributed by atoms with Crippen molar-refractivity contribution in [2.24, 2.45) is 5.73 Å². The van der Waals surface area contributed by atoms with E-state index in [1.807, 2.05) is 32.9 Å². The molecule has 1 atom stereocenters. The summed E-state index contributed by atoms with van der Waals surface area (Å²) in [6, 6.07) is 3.03. The number of ether oxygens (including phenoxy) is 1. The predicted molar refractivity (Wildman–Crippen MR) is 66.4 cm³/mol. The smallest absolute Gasteiger partial charge is 0.320 e. The molecule has 17 heavy (non-hydrogen) atoms. The highest BCUT2D eigenvalue weighted by Gasteiger charge is 2.14. The van der Waals surface area contributed by atoms with Crippen LogP contribution in [0.2, 0.25) is 0 Å². The van der Waals surface area contributed by atoms with Gasteiger partial charge in [-0.05, 0) is 49.9 Å². The lowest BCUT2D eigenvalue weighted by atomic mass is 9.98. The van der Waals surface area contributed by atoms with Crippen LogP contribution in [0.25, 0.3) is 0 Å². The number of carbonyl (C=O) groups is 1. The van der Waals surface area contributed by atoms with Crippen LogP contribution in [0.3, 0.4) is 0 Å². The summed E-state index contributed by atoms with van der Waals surface area (Å²) in [4.78, 5) is 10.7. The Morgan fingerprint density at radius 2 is 2.06 bits per heavy atom. The van der Waals surface area contributed by atoms with Crippen molar-refractivity contribution in [3.05, 3.63) is 28.8 Å². The van der Waals surface area contributed by atoms with Gasteiger partial charge in [-0.3, -0.25) is 4.79 Å². The van der Waals surface area contributed by atoms with Crippen LogP contribution in [0.5, 0.6) is 5.75 Å². The number of carboxylic acid groups (broad SMARTS) is 1. The van der Waals surface area contributed by atoms with Crippen molar-refractivity contribution in [3.8, 4) is 5.75 Å². The minimum atomic E-state index is -0.976. The van der Waals surface area contributed by atoms with Gasteiger partial charge in [0.05, 0.1) is 6.61 Å². The Kier molecular flexibility index (Phi) is 4.52. The van der Waals surface area contributed by atoms with Crippen LogP contribution in [-0.4, -0.2) is 23.7 Å². The van der Waals surface area contributed by atoms with Gasteiger partial charge in [0, 0.05) is 0 Å². The first kappa shape index (κ1) is 13.5. The molecule has 0 amide bonds. The Morgan fingerprint density at radius 1 is 1.41 bits per heavy atom. The molecule has 3 N–H and O–H groups in total. The van der Waals surface area contributed by atoms with E-state index in [0.29, 0.717) is 13.0 Å². The number of benzene rings is 1. The van der Waals surface area contributed by atoms with E-state index in [0.717, 1.165) is 22.4 Å². The largest absolute Gasteiger partial charge is 0.494 e.